The second-order valence-corrected chi connectivity index (χ2v) is 4.17. The smallest absolute Gasteiger partial charge is 0.347 e. The Hall–Kier alpha value is -1.30. The number of ether oxygens (including phenoxy) is 2. The fourth-order valence-electron chi connectivity index (χ4n) is 1.19. The van der Waals surface area contributed by atoms with Crippen molar-refractivity contribution in [3.63, 3.8) is 0 Å². The van der Waals surface area contributed by atoms with Crippen molar-refractivity contribution in [2.24, 2.45) is 0 Å². The molecule has 0 spiro atoms. The van der Waals surface area contributed by atoms with Crippen LogP contribution in [0.25, 0.3) is 0 Å². The summed E-state index contributed by atoms with van der Waals surface area (Å²) in [4.78, 5) is 11.4. The van der Waals surface area contributed by atoms with Gasteiger partial charge in [0, 0.05) is 6.07 Å². The van der Waals surface area contributed by atoms with Crippen molar-refractivity contribution in [2.75, 3.05) is 12.3 Å². The van der Waals surface area contributed by atoms with E-state index in [4.69, 9.17) is 15.2 Å². The molecule has 1 unspecified atom stereocenters. The van der Waals surface area contributed by atoms with E-state index in [1.54, 1.807) is 6.92 Å². The summed E-state index contributed by atoms with van der Waals surface area (Å²) in [7, 11) is 0. The fraction of sp³-hybridized carbons (Fsp3) is 0.364. The first kappa shape index (κ1) is 13.8. The minimum atomic E-state index is -0.806. The number of anilines is 1. The summed E-state index contributed by atoms with van der Waals surface area (Å²) in [6.07, 6.45) is -0.806. The summed E-state index contributed by atoms with van der Waals surface area (Å²) in [5.74, 6) is -0.749. The standard InChI is InChI=1S/C11H13BrFNO3/c1-3-16-11(15)6(2)17-10-8(12)4-7(13)5-9(10)14/h4-6H,3,14H2,1-2H3. The van der Waals surface area contributed by atoms with Gasteiger partial charge in [0.05, 0.1) is 16.8 Å². The maximum Gasteiger partial charge on any atom is 0.347 e. The van der Waals surface area contributed by atoms with Crippen LogP contribution in [0.5, 0.6) is 5.75 Å². The molecule has 6 heteroatoms. The van der Waals surface area contributed by atoms with E-state index in [1.807, 2.05) is 0 Å². The molecule has 0 aliphatic rings. The second-order valence-electron chi connectivity index (χ2n) is 3.32. The number of rotatable bonds is 4. The zero-order chi connectivity index (χ0) is 13.0. The Bertz CT molecular complexity index is 402. The third kappa shape index (κ3) is 3.59. The van der Waals surface area contributed by atoms with E-state index in [0.29, 0.717) is 4.47 Å². The van der Waals surface area contributed by atoms with Crippen molar-refractivity contribution in [2.45, 2.75) is 20.0 Å². The van der Waals surface area contributed by atoms with Crippen LogP contribution in [0.3, 0.4) is 0 Å². The zero-order valence-electron chi connectivity index (χ0n) is 9.50. The first-order valence-corrected chi connectivity index (χ1v) is 5.82. The van der Waals surface area contributed by atoms with Gasteiger partial charge in [-0.2, -0.15) is 0 Å². The lowest BCUT2D eigenvalue weighted by Gasteiger charge is -2.16. The quantitative estimate of drug-likeness (QED) is 0.686. The van der Waals surface area contributed by atoms with Crippen molar-refractivity contribution in [1.82, 2.24) is 0 Å². The normalized spacial score (nSPS) is 12.0. The molecule has 0 saturated heterocycles. The number of carbonyl (C=O) groups is 1. The van der Waals surface area contributed by atoms with E-state index < -0.39 is 17.9 Å². The van der Waals surface area contributed by atoms with Crippen LogP contribution in [0.15, 0.2) is 16.6 Å². The molecule has 2 N–H and O–H groups in total. The van der Waals surface area contributed by atoms with E-state index in [2.05, 4.69) is 15.9 Å². The monoisotopic (exact) mass is 305 g/mol. The highest BCUT2D eigenvalue weighted by atomic mass is 79.9. The van der Waals surface area contributed by atoms with Crippen LogP contribution in [-0.2, 0) is 9.53 Å². The predicted molar refractivity (Wildman–Crippen MR) is 65.2 cm³/mol. The zero-order valence-corrected chi connectivity index (χ0v) is 11.1. The third-order valence-electron chi connectivity index (χ3n) is 1.95. The van der Waals surface area contributed by atoms with Gasteiger partial charge in [-0.15, -0.1) is 0 Å². The lowest BCUT2D eigenvalue weighted by Crippen LogP contribution is -2.26. The van der Waals surface area contributed by atoms with Gasteiger partial charge in [0.2, 0.25) is 0 Å². The summed E-state index contributed by atoms with van der Waals surface area (Å²) in [6.45, 7) is 3.51. The average Bonchev–Trinajstić information content (AvgIpc) is 2.23. The largest absolute Gasteiger partial charge is 0.476 e. The molecule has 17 heavy (non-hydrogen) atoms. The van der Waals surface area contributed by atoms with Gasteiger partial charge in [-0.1, -0.05) is 0 Å². The molecule has 0 aromatic heterocycles. The van der Waals surface area contributed by atoms with Crippen molar-refractivity contribution in [3.8, 4) is 5.75 Å². The van der Waals surface area contributed by atoms with E-state index in [9.17, 15) is 9.18 Å². The van der Waals surface area contributed by atoms with Gasteiger partial charge in [-0.05, 0) is 35.8 Å². The van der Waals surface area contributed by atoms with Gasteiger partial charge in [0.25, 0.3) is 0 Å². The topological polar surface area (TPSA) is 61.5 Å². The Kier molecular flexibility index (Phi) is 4.74. The van der Waals surface area contributed by atoms with Crippen LogP contribution < -0.4 is 10.5 Å². The minimum absolute atomic E-state index is 0.119. The fourth-order valence-corrected chi connectivity index (χ4v) is 1.73. The molecule has 0 radical (unpaired) electrons. The van der Waals surface area contributed by atoms with Crippen molar-refractivity contribution < 1.29 is 18.7 Å². The van der Waals surface area contributed by atoms with Gasteiger partial charge >= 0.3 is 5.97 Å². The average molecular weight is 306 g/mol. The van der Waals surface area contributed by atoms with Crippen molar-refractivity contribution in [1.29, 1.82) is 0 Å². The molecule has 0 amide bonds. The minimum Gasteiger partial charge on any atom is -0.476 e. The van der Waals surface area contributed by atoms with Gasteiger partial charge in [-0.25, -0.2) is 9.18 Å². The van der Waals surface area contributed by atoms with E-state index in [1.165, 1.54) is 13.0 Å². The lowest BCUT2D eigenvalue weighted by molar-refractivity contribution is -0.150. The molecule has 1 rings (SSSR count). The van der Waals surface area contributed by atoms with Gasteiger partial charge in [0.1, 0.15) is 5.82 Å². The van der Waals surface area contributed by atoms with E-state index in [0.717, 1.165) is 6.07 Å². The van der Waals surface area contributed by atoms with Crippen molar-refractivity contribution in [3.05, 3.63) is 22.4 Å². The molecular weight excluding hydrogens is 293 g/mol. The van der Waals surface area contributed by atoms with Gasteiger partial charge in [-0.3, -0.25) is 0 Å². The number of hydrogen-bond donors (Lipinski definition) is 1. The Balaban J connectivity index is 2.85. The summed E-state index contributed by atoms with van der Waals surface area (Å²) in [6, 6.07) is 2.33. The number of halogens is 2. The Labute approximate surface area is 107 Å². The van der Waals surface area contributed by atoms with Crippen molar-refractivity contribution >= 4 is 27.6 Å². The molecule has 1 aromatic rings. The summed E-state index contributed by atoms with van der Waals surface area (Å²) < 4.78 is 23.4. The first-order chi connectivity index (χ1) is 7.95. The van der Waals surface area contributed by atoms with Crippen LogP contribution in [0.1, 0.15) is 13.8 Å². The van der Waals surface area contributed by atoms with Crippen LogP contribution in [0, 0.1) is 5.82 Å². The summed E-state index contributed by atoms with van der Waals surface area (Å²) in [5.41, 5.74) is 5.72. The van der Waals surface area contributed by atoms with Crippen LogP contribution in [0.4, 0.5) is 10.1 Å². The van der Waals surface area contributed by atoms with Gasteiger partial charge in [0.15, 0.2) is 11.9 Å². The van der Waals surface area contributed by atoms with E-state index >= 15 is 0 Å². The maximum atomic E-state index is 13.0. The Morgan fingerprint density at radius 1 is 1.59 bits per heavy atom. The summed E-state index contributed by atoms with van der Waals surface area (Å²) in [5, 5.41) is 0. The number of nitrogen functional groups attached to an aromatic ring is 1. The SMILES string of the molecule is CCOC(=O)C(C)Oc1c(N)cc(F)cc1Br. The molecule has 1 atom stereocenters. The number of carbonyl (C=O) groups excluding carboxylic acids is 1. The molecule has 0 bridgehead atoms. The maximum absolute atomic E-state index is 13.0. The van der Waals surface area contributed by atoms with Crippen LogP contribution >= 0.6 is 15.9 Å². The lowest BCUT2D eigenvalue weighted by atomic mass is 10.3. The molecule has 0 aliphatic heterocycles. The van der Waals surface area contributed by atoms with Crippen LogP contribution in [0.2, 0.25) is 0 Å². The molecule has 0 fully saturated rings. The molecular formula is C11H13BrFNO3. The highest BCUT2D eigenvalue weighted by Crippen LogP contribution is 2.33. The highest BCUT2D eigenvalue weighted by Gasteiger charge is 2.19. The number of hydrogen-bond acceptors (Lipinski definition) is 4. The van der Waals surface area contributed by atoms with Crippen LogP contribution in [-0.4, -0.2) is 18.7 Å². The van der Waals surface area contributed by atoms with E-state index in [-0.39, 0.29) is 18.0 Å². The molecule has 1 aromatic carbocycles. The molecule has 94 valence electrons. The molecule has 0 saturated carbocycles. The highest BCUT2D eigenvalue weighted by molar-refractivity contribution is 9.10. The second kappa shape index (κ2) is 5.86. The summed E-state index contributed by atoms with van der Waals surface area (Å²) >= 11 is 3.12. The molecule has 4 nitrogen and oxygen atoms in total. The third-order valence-corrected chi connectivity index (χ3v) is 2.54. The van der Waals surface area contributed by atoms with Gasteiger partial charge < -0.3 is 15.2 Å². The predicted octanol–water partition coefficient (Wildman–Crippen LogP) is 2.50. The number of nitrogens with two attached hydrogens (primary N) is 1. The first-order valence-electron chi connectivity index (χ1n) is 5.03. The number of esters is 1. The molecule has 0 heterocycles. The number of benzene rings is 1. The molecule has 0 aliphatic carbocycles. The Morgan fingerprint density at radius 3 is 2.76 bits per heavy atom. The Morgan fingerprint density at radius 2 is 2.24 bits per heavy atom.